The third kappa shape index (κ3) is 5.12. The number of amides is 3. The lowest BCUT2D eigenvalue weighted by atomic mass is 10.1. The number of rotatable bonds is 5. The Hall–Kier alpha value is -2.73. The van der Waals surface area contributed by atoms with Crippen molar-refractivity contribution in [3.05, 3.63) is 58.6 Å². The molecular weight excluding hydrogens is 342 g/mol. The summed E-state index contributed by atoms with van der Waals surface area (Å²) in [7, 11) is 4.83. The number of carbonyl (C=O) groups is 2. The highest BCUT2D eigenvalue weighted by Crippen LogP contribution is 2.26. The zero-order chi connectivity index (χ0) is 18.4. The third-order valence-electron chi connectivity index (χ3n) is 3.47. The van der Waals surface area contributed by atoms with Crippen LogP contribution < -0.4 is 15.4 Å². The Labute approximate surface area is 151 Å². The first-order chi connectivity index (χ1) is 11.9. The zero-order valence-electron chi connectivity index (χ0n) is 14.3. The van der Waals surface area contributed by atoms with E-state index in [1.807, 2.05) is 12.1 Å². The van der Waals surface area contributed by atoms with E-state index in [2.05, 4.69) is 10.6 Å². The van der Waals surface area contributed by atoms with Gasteiger partial charge in [-0.15, -0.1) is 0 Å². The SMILES string of the molecule is COc1ccc(C(=O)N(C)C)cc1NC(=O)NCc1ccc(Cl)cc1. The predicted octanol–water partition coefficient (Wildman–Crippen LogP) is 3.37. The molecule has 0 aliphatic heterocycles. The molecule has 2 aromatic rings. The van der Waals surface area contributed by atoms with Crippen molar-refractivity contribution in [2.45, 2.75) is 6.54 Å². The number of nitrogens with one attached hydrogen (secondary N) is 2. The molecule has 0 heterocycles. The summed E-state index contributed by atoms with van der Waals surface area (Å²) in [5, 5.41) is 6.09. The maximum absolute atomic E-state index is 12.1. The van der Waals surface area contributed by atoms with Gasteiger partial charge >= 0.3 is 6.03 Å². The Morgan fingerprint density at radius 3 is 2.40 bits per heavy atom. The van der Waals surface area contributed by atoms with Crippen LogP contribution >= 0.6 is 11.6 Å². The minimum atomic E-state index is -0.400. The summed E-state index contributed by atoms with van der Waals surface area (Å²) in [6, 6.07) is 11.7. The van der Waals surface area contributed by atoms with Crippen molar-refractivity contribution >= 4 is 29.2 Å². The molecule has 3 amide bonds. The van der Waals surface area contributed by atoms with Crippen LogP contribution in [0.2, 0.25) is 5.02 Å². The van der Waals surface area contributed by atoms with Gasteiger partial charge in [0.05, 0.1) is 12.8 Å². The largest absolute Gasteiger partial charge is 0.495 e. The highest BCUT2D eigenvalue weighted by atomic mass is 35.5. The van der Waals surface area contributed by atoms with E-state index in [1.54, 1.807) is 44.4 Å². The van der Waals surface area contributed by atoms with Crippen LogP contribution in [0.5, 0.6) is 5.75 Å². The second-order valence-electron chi connectivity index (χ2n) is 5.55. The second kappa shape index (κ2) is 8.39. The number of ether oxygens (including phenoxy) is 1. The summed E-state index contributed by atoms with van der Waals surface area (Å²) in [5.41, 5.74) is 1.80. The molecule has 132 valence electrons. The second-order valence-corrected chi connectivity index (χ2v) is 5.99. The smallest absolute Gasteiger partial charge is 0.319 e. The molecule has 0 saturated heterocycles. The first-order valence-electron chi connectivity index (χ1n) is 7.59. The van der Waals surface area contributed by atoms with E-state index < -0.39 is 6.03 Å². The number of nitrogens with zero attached hydrogens (tertiary/aromatic N) is 1. The Bertz CT molecular complexity index is 761. The molecular formula is C18H20ClN3O3. The van der Waals surface area contributed by atoms with E-state index >= 15 is 0 Å². The summed E-state index contributed by atoms with van der Waals surface area (Å²) in [6.45, 7) is 0.349. The van der Waals surface area contributed by atoms with Crippen molar-refractivity contribution in [3.8, 4) is 5.75 Å². The van der Waals surface area contributed by atoms with Gasteiger partial charge in [-0.05, 0) is 35.9 Å². The lowest BCUT2D eigenvalue weighted by Crippen LogP contribution is -2.28. The standard InChI is InChI=1S/C18H20ClN3O3/c1-22(2)17(23)13-6-9-16(25-3)15(10-13)21-18(24)20-11-12-4-7-14(19)8-5-12/h4-10H,11H2,1-3H3,(H2,20,21,24). The van der Waals surface area contributed by atoms with Crippen LogP contribution in [-0.2, 0) is 6.54 Å². The summed E-state index contributed by atoms with van der Waals surface area (Å²) in [4.78, 5) is 25.7. The van der Waals surface area contributed by atoms with Gasteiger partial charge in [0.2, 0.25) is 0 Å². The zero-order valence-corrected chi connectivity index (χ0v) is 15.1. The first-order valence-corrected chi connectivity index (χ1v) is 7.97. The van der Waals surface area contributed by atoms with Crippen LogP contribution in [-0.4, -0.2) is 38.0 Å². The molecule has 0 saturated carbocycles. The minimum absolute atomic E-state index is 0.160. The fourth-order valence-electron chi connectivity index (χ4n) is 2.15. The van der Waals surface area contributed by atoms with Gasteiger partial charge in [-0.25, -0.2) is 4.79 Å². The lowest BCUT2D eigenvalue weighted by Gasteiger charge is -2.15. The summed E-state index contributed by atoms with van der Waals surface area (Å²) >= 11 is 5.83. The number of methoxy groups -OCH3 is 1. The molecule has 6 nitrogen and oxygen atoms in total. The molecule has 0 radical (unpaired) electrons. The number of carbonyl (C=O) groups excluding carboxylic acids is 2. The molecule has 0 aromatic heterocycles. The average molecular weight is 362 g/mol. The number of benzene rings is 2. The Balaban J connectivity index is 2.06. The van der Waals surface area contributed by atoms with E-state index in [9.17, 15) is 9.59 Å². The number of hydrogen-bond acceptors (Lipinski definition) is 3. The van der Waals surface area contributed by atoms with E-state index in [1.165, 1.54) is 12.0 Å². The topological polar surface area (TPSA) is 70.7 Å². The summed E-state index contributed by atoms with van der Waals surface area (Å²) in [5.74, 6) is 0.309. The highest BCUT2D eigenvalue weighted by Gasteiger charge is 2.13. The van der Waals surface area contributed by atoms with Crippen LogP contribution in [0.15, 0.2) is 42.5 Å². The molecule has 2 aromatic carbocycles. The summed E-state index contributed by atoms with van der Waals surface area (Å²) in [6.07, 6.45) is 0. The van der Waals surface area contributed by atoms with Crippen LogP contribution in [0, 0.1) is 0 Å². The average Bonchev–Trinajstić information content (AvgIpc) is 2.60. The van der Waals surface area contributed by atoms with Gasteiger partial charge in [0, 0.05) is 31.2 Å². The molecule has 0 unspecified atom stereocenters. The maximum Gasteiger partial charge on any atom is 0.319 e. The van der Waals surface area contributed by atoms with E-state index in [0.717, 1.165) is 5.56 Å². The van der Waals surface area contributed by atoms with Crippen molar-refractivity contribution < 1.29 is 14.3 Å². The number of hydrogen-bond donors (Lipinski definition) is 2. The molecule has 0 fully saturated rings. The van der Waals surface area contributed by atoms with Crippen LogP contribution in [0.3, 0.4) is 0 Å². The van der Waals surface area contributed by atoms with Crippen molar-refractivity contribution in [1.29, 1.82) is 0 Å². The van der Waals surface area contributed by atoms with Crippen LogP contribution in [0.1, 0.15) is 15.9 Å². The normalized spacial score (nSPS) is 10.1. The molecule has 0 spiro atoms. The van der Waals surface area contributed by atoms with Crippen LogP contribution in [0.25, 0.3) is 0 Å². The maximum atomic E-state index is 12.1. The molecule has 0 atom stereocenters. The summed E-state index contributed by atoms with van der Waals surface area (Å²) < 4.78 is 5.24. The lowest BCUT2D eigenvalue weighted by molar-refractivity contribution is 0.0827. The van der Waals surface area contributed by atoms with Gasteiger partial charge in [-0.1, -0.05) is 23.7 Å². The van der Waals surface area contributed by atoms with Gasteiger partial charge in [0.25, 0.3) is 5.91 Å². The van der Waals surface area contributed by atoms with Gasteiger partial charge in [-0.3, -0.25) is 4.79 Å². The molecule has 0 bridgehead atoms. The first kappa shape index (κ1) is 18.6. The number of halogens is 1. The molecule has 0 aliphatic rings. The van der Waals surface area contributed by atoms with Crippen molar-refractivity contribution in [3.63, 3.8) is 0 Å². The third-order valence-corrected chi connectivity index (χ3v) is 3.72. The molecule has 7 heteroatoms. The fraction of sp³-hybridized carbons (Fsp3) is 0.222. The molecule has 25 heavy (non-hydrogen) atoms. The Morgan fingerprint density at radius 2 is 1.80 bits per heavy atom. The van der Waals surface area contributed by atoms with Crippen LogP contribution in [0.4, 0.5) is 10.5 Å². The van der Waals surface area contributed by atoms with Crippen molar-refractivity contribution in [2.75, 3.05) is 26.5 Å². The predicted molar refractivity (Wildman–Crippen MR) is 98.3 cm³/mol. The highest BCUT2D eigenvalue weighted by molar-refractivity contribution is 6.30. The van der Waals surface area contributed by atoms with E-state index in [4.69, 9.17) is 16.3 Å². The van der Waals surface area contributed by atoms with Gasteiger partial charge in [-0.2, -0.15) is 0 Å². The quantitative estimate of drug-likeness (QED) is 0.857. The van der Waals surface area contributed by atoms with Crippen molar-refractivity contribution in [2.24, 2.45) is 0 Å². The Morgan fingerprint density at radius 1 is 1.12 bits per heavy atom. The monoisotopic (exact) mass is 361 g/mol. The number of anilines is 1. The van der Waals surface area contributed by atoms with E-state index in [0.29, 0.717) is 28.6 Å². The van der Waals surface area contributed by atoms with E-state index in [-0.39, 0.29) is 5.91 Å². The molecule has 2 N–H and O–H groups in total. The van der Waals surface area contributed by atoms with Crippen molar-refractivity contribution in [1.82, 2.24) is 10.2 Å². The van der Waals surface area contributed by atoms with Gasteiger partial charge in [0.15, 0.2) is 0 Å². The minimum Gasteiger partial charge on any atom is -0.495 e. The van der Waals surface area contributed by atoms with Gasteiger partial charge in [0.1, 0.15) is 5.75 Å². The van der Waals surface area contributed by atoms with Gasteiger partial charge < -0.3 is 20.3 Å². The molecule has 0 aliphatic carbocycles. The molecule has 2 rings (SSSR count). The fourth-order valence-corrected chi connectivity index (χ4v) is 2.27. The Kier molecular flexibility index (Phi) is 6.25. The number of urea groups is 1.